The monoisotopic (exact) mass is 357 g/mol. The summed E-state index contributed by atoms with van der Waals surface area (Å²) in [6, 6.07) is 15.9. The van der Waals surface area contributed by atoms with E-state index in [0.29, 0.717) is 22.3 Å². The average Bonchev–Trinajstić information content (AvgIpc) is 2.94. The van der Waals surface area contributed by atoms with Crippen LogP contribution in [0.4, 0.5) is 0 Å². The summed E-state index contributed by atoms with van der Waals surface area (Å²) in [6.45, 7) is 1.50. The summed E-state index contributed by atoms with van der Waals surface area (Å²) in [5, 5.41) is 0.441. The fourth-order valence-electron chi connectivity index (χ4n) is 3.05. The number of hydrogen-bond donors (Lipinski definition) is 0. The fraction of sp³-hybridized carbons (Fsp3) is 0.350. The van der Waals surface area contributed by atoms with Gasteiger partial charge in [-0.2, -0.15) is 11.8 Å². The Morgan fingerprint density at radius 3 is 2.60 bits per heavy atom. The van der Waals surface area contributed by atoms with Crippen molar-refractivity contribution in [1.29, 1.82) is 0 Å². The highest BCUT2D eigenvalue weighted by atomic mass is 32.2. The minimum absolute atomic E-state index is 0.0221. The van der Waals surface area contributed by atoms with Gasteiger partial charge in [-0.1, -0.05) is 30.3 Å². The molecule has 0 saturated carbocycles. The molecule has 0 aromatic heterocycles. The Balaban J connectivity index is 1.73. The highest BCUT2D eigenvalue weighted by Crippen LogP contribution is 2.35. The third kappa shape index (κ3) is 4.10. The minimum atomic E-state index is 0.0221. The van der Waals surface area contributed by atoms with Gasteiger partial charge in [0, 0.05) is 30.2 Å². The van der Waals surface area contributed by atoms with E-state index in [4.69, 9.17) is 9.47 Å². The number of thioether (sulfide) groups is 1. The topological polar surface area (TPSA) is 38.8 Å². The van der Waals surface area contributed by atoms with Crippen molar-refractivity contribution in [1.82, 2.24) is 4.90 Å². The van der Waals surface area contributed by atoms with Crippen LogP contribution in [0.1, 0.15) is 27.6 Å². The lowest BCUT2D eigenvalue weighted by Crippen LogP contribution is -2.33. The van der Waals surface area contributed by atoms with Crippen molar-refractivity contribution >= 4 is 17.7 Å². The van der Waals surface area contributed by atoms with Gasteiger partial charge in [-0.25, -0.2) is 0 Å². The van der Waals surface area contributed by atoms with Crippen molar-refractivity contribution in [2.24, 2.45) is 0 Å². The molecule has 1 saturated heterocycles. The second-order valence-electron chi connectivity index (χ2n) is 5.92. The highest BCUT2D eigenvalue weighted by molar-refractivity contribution is 7.99. The average molecular weight is 357 g/mol. The second-order valence-corrected chi connectivity index (χ2v) is 7.23. The minimum Gasteiger partial charge on any atom is -0.497 e. The number of hydrogen-bond acceptors (Lipinski definition) is 4. The molecule has 0 N–H and O–H groups in total. The van der Waals surface area contributed by atoms with Gasteiger partial charge in [0.05, 0.1) is 19.8 Å². The molecule has 1 aliphatic heterocycles. The Hall–Kier alpha value is -2.14. The summed E-state index contributed by atoms with van der Waals surface area (Å²) in [5.74, 6) is 2.20. The summed E-state index contributed by atoms with van der Waals surface area (Å²) in [6.07, 6.45) is 0.957. The van der Waals surface area contributed by atoms with Crippen molar-refractivity contribution in [3.05, 3.63) is 59.7 Å². The van der Waals surface area contributed by atoms with Gasteiger partial charge in [0.1, 0.15) is 11.5 Å². The molecule has 1 amide bonds. The number of ether oxygens (including phenoxy) is 2. The first-order valence-electron chi connectivity index (χ1n) is 8.40. The van der Waals surface area contributed by atoms with Gasteiger partial charge >= 0.3 is 0 Å². The quantitative estimate of drug-likeness (QED) is 0.828. The fourth-order valence-corrected chi connectivity index (χ4v) is 4.28. The van der Waals surface area contributed by atoms with Crippen LogP contribution >= 0.6 is 11.8 Å². The molecule has 2 aromatic rings. The summed E-state index contributed by atoms with van der Waals surface area (Å²) in [7, 11) is 3.18. The van der Waals surface area contributed by atoms with Gasteiger partial charge in [-0.05, 0) is 24.1 Å². The molecule has 0 radical (unpaired) electrons. The lowest BCUT2D eigenvalue weighted by molar-refractivity contribution is 0.0763. The maximum Gasteiger partial charge on any atom is 0.257 e. The zero-order valence-electron chi connectivity index (χ0n) is 14.6. The van der Waals surface area contributed by atoms with Crippen LogP contribution in [-0.2, 0) is 0 Å². The van der Waals surface area contributed by atoms with E-state index in [1.54, 1.807) is 32.4 Å². The molecule has 0 bridgehead atoms. The smallest absolute Gasteiger partial charge is 0.257 e. The van der Waals surface area contributed by atoms with E-state index in [2.05, 4.69) is 24.3 Å². The normalized spacial score (nSPS) is 17.7. The molecule has 132 valence electrons. The van der Waals surface area contributed by atoms with Crippen LogP contribution < -0.4 is 9.47 Å². The molecule has 1 atom stereocenters. The lowest BCUT2D eigenvalue weighted by Gasteiger charge is -2.21. The van der Waals surface area contributed by atoms with Gasteiger partial charge in [0.15, 0.2) is 0 Å². The van der Waals surface area contributed by atoms with Gasteiger partial charge in [-0.3, -0.25) is 4.79 Å². The van der Waals surface area contributed by atoms with E-state index < -0.39 is 0 Å². The van der Waals surface area contributed by atoms with E-state index in [1.807, 2.05) is 22.7 Å². The molecule has 2 aromatic carbocycles. The molecule has 0 spiro atoms. The Morgan fingerprint density at radius 2 is 1.88 bits per heavy atom. The van der Waals surface area contributed by atoms with Crippen LogP contribution in [0, 0.1) is 0 Å². The van der Waals surface area contributed by atoms with E-state index in [1.165, 1.54) is 5.56 Å². The molecular formula is C20H23NO3S. The van der Waals surface area contributed by atoms with Crippen molar-refractivity contribution in [2.75, 3.05) is 33.1 Å². The zero-order chi connectivity index (χ0) is 17.6. The first kappa shape index (κ1) is 17.7. The maximum absolute atomic E-state index is 13.0. The van der Waals surface area contributed by atoms with Crippen LogP contribution in [0.2, 0.25) is 0 Å². The summed E-state index contributed by atoms with van der Waals surface area (Å²) in [5.41, 5.74) is 1.93. The largest absolute Gasteiger partial charge is 0.497 e. The summed E-state index contributed by atoms with van der Waals surface area (Å²) < 4.78 is 10.6. The van der Waals surface area contributed by atoms with E-state index in [-0.39, 0.29) is 5.91 Å². The van der Waals surface area contributed by atoms with Crippen LogP contribution in [0.5, 0.6) is 11.5 Å². The first-order valence-corrected chi connectivity index (χ1v) is 9.45. The third-order valence-electron chi connectivity index (χ3n) is 4.44. The SMILES string of the molecule is COc1ccc(C(=O)N2CCSC(c3ccccc3)CC2)c(OC)c1. The molecule has 1 unspecified atom stereocenters. The molecule has 0 aliphatic carbocycles. The number of rotatable bonds is 4. The predicted molar refractivity (Wildman–Crippen MR) is 102 cm³/mol. The number of methoxy groups -OCH3 is 2. The van der Waals surface area contributed by atoms with Crippen LogP contribution in [-0.4, -0.2) is 43.9 Å². The molecule has 1 aliphatic rings. The Kier molecular flexibility index (Phi) is 5.87. The van der Waals surface area contributed by atoms with Gasteiger partial charge in [-0.15, -0.1) is 0 Å². The molecule has 25 heavy (non-hydrogen) atoms. The molecule has 3 rings (SSSR count). The van der Waals surface area contributed by atoms with Gasteiger partial charge in [0.2, 0.25) is 0 Å². The highest BCUT2D eigenvalue weighted by Gasteiger charge is 2.24. The lowest BCUT2D eigenvalue weighted by atomic mass is 10.1. The summed E-state index contributed by atoms with van der Waals surface area (Å²) in [4.78, 5) is 14.9. The Labute approximate surface area is 153 Å². The van der Waals surface area contributed by atoms with Crippen molar-refractivity contribution in [3.8, 4) is 11.5 Å². The van der Waals surface area contributed by atoms with E-state index >= 15 is 0 Å². The Bertz CT molecular complexity index is 720. The number of amides is 1. The van der Waals surface area contributed by atoms with Crippen molar-refractivity contribution in [2.45, 2.75) is 11.7 Å². The number of carbonyl (C=O) groups excluding carboxylic acids is 1. The first-order chi connectivity index (χ1) is 12.2. The van der Waals surface area contributed by atoms with Gasteiger partial charge < -0.3 is 14.4 Å². The molecule has 1 fully saturated rings. The second kappa shape index (κ2) is 8.30. The van der Waals surface area contributed by atoms with Crippen molar-refractivity contribution < 1.29 is 14.3 Å². The van der Waals surface area contributed by atoms with Crippen LogP contribution in [0.25, 0.3) is 0 Å². The molecule has 5 heteroatoms. The molecular weight excluding hydrogens is 334 g/mol. The Morgan fingerprint density at radius 1 is 1.08 bits per heavy atom. The molecule has 4 nitrogen and oxygen atoms in total. The number of carbonyl (C=O) groups is 1. The van der Waals surface area contributed by atoms with Crippen LogP contribution in [0.3, 0.4) is 0 Å². The van der Waals surface area contributed by atoms with Crippen molar-refractivity contribution in [3.63, 3.8) is 0 Å². The third-order valence-corrected chi connectivity index (χ3v) is 5.77. The van der Waals surface area contributed by atoms with E-state index in [0.717, 1.165) is 25.3 Å². The molecule has 1 heterocycles. The standard InChI is InChI=1S/C20H23NO3S/c1-23-16-8-9-17(18(14-16)24-2)20(22)21-11-10-19(25-13-12-21)15-6-4-3-5-7-15/h3-9,14,19H,10-13H2,1-2H3. The summed E-state index contributed by atoms with van der Waals surface area (Å²) >= 11 is 1.92. The maximum atomic E-state index is 13.0. The number of benzene rings is 2. The van der Waals surface area contributed by atoms with Crippen LogP contribution in [0.15, 0.2) is 48.5 Å². The predicted octanol–water partition coefficient (Wildman–Crippen LogP) is 4.02. The van der Waals surface area contributed by atoms with Gasteiger partial charge in [0.25, 0.3) is 5.91 Å². The zero-order valence-corrected chi connectivity index (χ0v) is 15.4. The number of nitrogens with zero attached hydrogens (tertiary/aromatic N) is 1. The van der Waals surface area contributed by atoms with E-state index in [9.17, 15) is 4.79 Å².